The first-order chi connectivity index (χ1) is 13.0. The summed E-state index contributed by atoms with van der Waals surface area (Å²) in [7, 11) is 0. The molecule has 0 spiro atoms. The summed E-state index contributed by atoms with van der Waals surface area (Å²) in [6, 6.07) is 9.79. The quantitative estimate of drug-likeness (QED) is 0.703. The summed E-state index contributed by atoms with van der Waals surface area (Å²) >= 11 is 11.9. The van der Waals surface area contributed by atoms with Gasteiger partial charge in [-0.05, 0) is 24.3 Å². The van der Waals surface area contributed by atoms with Crippen molar-refractivity contribution in [3.8, 4) is 11.5 Å². The summed E-state index contributed by atoms with van der Waals surface area (Å²) in [4.78, 5) is 14.5. The largest absolute Gasteiger partial charge is 0.485 e. The van der Waals surface area contributed by atoms with E-state index in [0.717, 1.165) is 0 Å². The molecule has 4 rings (SSSR count). The first-order valence-electron chi connectivity index (χ1n) is 8.46. The predicted molar refractivity (Wildman–Crippen MR) is 98.0 cm³/mol. The Labute approximate surface area is 165 Å². The molecule has 0 bridgehead atoms. The van der Waals surface area contributed by atoms with E-state index < -0.39 is 18.0 Å². The molecule has 8 heteroatoms. The van der Waals surface area contributed by atoms with E-state index in [1.54, 1.807) is 17.0 Å². The van der Waals surface area contributed by atoms with E-state index in [4.69, 9.17) is 37.4 Å². The highest BCUT2D eigenvalue weighted by atomic mass is 35.5. The Kier molecular flexibility index (Phi) is 5.12. The van der Waals surface area contributed by atoms with Gasteiger partial charge in [-0.25, -0.2) is 4.39 Å². The van der Waals surface area contributed by atoms with Gasteiger partial charge in [-0.1, -0.05) is 35.3 Å². The Bertz CT molecular complexity index is 879. The van der Waals surface area contributed by atoms with Crippen molar-refractivity contribution in [1.82, 2.24) is 4.90 Å². The number of carbonyl (C=O) groups is 1. The number of morpholine rings is 1. The molecule has 2 aliphatic heterocycles. The van der Waals surface area contributed by atoms with Gasteiger partial charge in [-0.2, -0.15) is 0 Å². The number of carbonyl (C=O) groups excluding carboxylic acids is 1. The lowest BCUT2D eigenvalue weighted by atomic mass is 10.1. The molecular formula is C19H16Cl2FNO4. The summed E-state index contributed by atoms with van der Waals surface area (Å²) < 4.78 is 30.9. The number of fused-ring (bicyclic) bond motifs is 1. The van der Waals surface area contributed by atoms with Crippen molar-refractivity contribution in [2.75, 3.05) is 26.3 Å². The molecule has 1 amide bonds. The molecule has 0 aromatic heterocycles. The van der Waals surface area contributed by atoms with Crippen LogP contribution >= 0.6 is 23.2 Å². The molecule has 0 unspecified atom stereocenters. The number of benzene rings is 2. The van der Waals surface area contributed by atoms with E-state index in [1.807, 2.05) is 12.1 Å². The van der Waals surface area contributed by atoms with Crippen LogP contribution in [0, 0.1) is 5.82 Å². The highest BCUT2D eigenvalue weighted by Gasteiger charge is 2.35. The fraction of sp³-hybridized carbons (Fsp3) is 0.316. The zero-order valence-electron chi connectivity index (χ0n) is 14.2. The van der Waals surface area contributed by atoms with Crippen molar-refractivity contribution in [2.45, 2.75) is 12.2 Å². The molecule has 1 saturated heterocycles. The average Bonchev–Trinajstić information content (AvgIpc) is 2.70. The number of rotatable bonds is 2. The minimum atomic E-state index is -0.740. The van der Waals surface area contributed by atoms with Crippen molar-refractivity contribution in [2.24, 2.45) is 0 Å². The molecule has 5 nitrogen and oxygen atoms in total. The first-order valence-corrected chi connectivity index (χ1v) is 9.22. The van der Waals surface area contributed by atoms with Gasteiger partial charge in [-0.3, -0.25) is 4.79 Å². The second-order valence-electron chi connectivity index (χ2n) is 6.30. The van der Waals surface area contributed by atoms with Gasteiger partial charge in [0.15, 0.2) is 11.5 Å². The average molecular weight is 412 g/mol. The van der Waals surface area contributed by atoms with Crippen LogP contribution in [0.4, 0.5) is 4.39 Å². The fourth-order valence-corrected chi connectivity index (χ4v) is 3.67. The van der Waals surface area contributed by atoms with Crippen molar-refractivity contribution >= 4 is 29.1 Å². The Morgan fingerprint density at radius 3 is 2.74 bits per heavy atom. The summed E-state index contributed by atoms with van der Waals surface area (Å²) in [6.45, 7) is 1.08. The Morgan fingerprint density at radius 2 is 1.93 bits per heavy atom. The van der Waals surface area contributed by atoms with Crippen LogP contribution in [0.5, 0.6) is 11.5 Å². The Morgan fingerprint density at radius 1 is 1.15 bits per heavy atom. The summed E-state index contributed by atoms with van der Waals surface area (Å²) in [5.41, 5.74) is 0.460. The zero-order chi connectivity index (χ0) is 19.0. The smallest absolute Gasteiger partial charge is 0.267 e. The molecular weight excluding hydrogens is 396 g/mol. The number of hydrogen-bond acceptors (Lipinski definition) is 4. The van der Waals surface area contributed by atoms with Gasteiger partial charge in [0.2, 0.25) is 6.10 Å². The molecule has 0 saturated carbocycles. The second kappa shape index (κ2) is 7.54. The molecule has 2 aromatic rings. The third-order valence-electron chi connectivity index (χ3n) is 4.55. The van der Waals surface area contributed by atoms with E-state index >= 15 is 0 Å². The van der Waals surface area contributed by atoms with Crippen LogP contribution < -0.4 is 9.47 Å². The minimum Gasteiger partial charge on any atom is -0.485 e. The van der Waals surface area contributed by atoms with Crippen LogP contribution in [0.25, 0.3) is 0 Å². The molecule has 0 radical (unpaired) electrons. The molecule has 0 aliphatic carbocycles. The van der Waals surface area contributed by atoms with E-state index in [9.17, 15) is 9.18 Å². The summed E-state index contributed by atoms with van der Waals surface area (Å²) in [5, 5.41) is 0.241. The van der Waals surface area contributed by atoms with E-state index in [0.29, 0.717) is 35.2 Å². The van der Waals surface area contributed by atoms with Crippen molar-refractivity contribution in [1.29, 1.82) is 0 Å². The lowest BCUT2D eigenvalue weighted by molar-refractivity contribution is -0.148. The van der Waals surface area contributed by atoms with Crippen LogP contribution in [0.2, 0.25) is 10.0 Å². The van der Waals surface area contributed by atoms with E-state index in [-0.39, 0.29) is 24.1 Å². The van der Waals surface area contributed by atoms with Crippen LogP contribution in [0.3, 0.4) is 0 Å². The van der Waals surface area contributed by atoms with E-state index in [2.05, 4.69) is 0 Å². The molecule has 27 heavy (non-hydrogen) atoms. The SMILES string of the molecule is O=C([C@@H]1COc2ccccc2O1)N1CCO[C@H](c2cc(F)c(Cl)cc2Cl)C1. The van der Waals surface area contributed by atoms with Gasteiger partial charge < -0.3 is 19.1 Å². The number of halogens is 3. The van der Waals surface area contributed by atoms with Gasteiger partial charge in [0.1, 0.15) is 18.5 Å². The number of amides is 1. The number of para-hydroxylation sites is 2. The molecule has 2 atom stereocenters. The van der Waals surface area contributed by atoms with Crippen LogP contribution in [0.15, 0.2) is 36.4 Å². The predicted octanol–water partition coefficient (Wildman–Crippen LogP) is 3.87. The normalized spacial score (nSPS) is 21.8. The van der Waals surface area contributed by atoms with Gasteiger partial charge in [-0.15, -0.1) is 0 Å². The monoisotopic (exact) mass is 411 g/mol. The van der Waals surface area contributed by atoms with Crippen LogP contribution in [-0.4, -0.2) is 43.2 Å². The maximum atomic E-state index is 13.8. The number of nitrogens with zero attached hydrogens (tertiary/aromatic N) is 1. The molecule has 2 aromatic carbocycles. The van der Waals surface area contributed by atoms with Gasteiger partial charge in [0, 0.05) is 17.1 Å². The Hall–Kier alpha value is -2.02. The summed E-state index contributed by atoms with van der Waals surface area (Å²) in [6.07, 6.45) is -1.28. The minimum absolute atomic E-state index is 0.0566. The lowest BCUT2D eigenvalue weighted by Crippen LogP contribution is -2.50. The Balaban J connectivity index is 1.49. The maximum absolute atomic E-state index is 13.8. The highest BCUT2D eigenvalue weighted by molar-refractivity contribution is 6.35. The number of ether oxygens (including phenoxy) is 3. The summed E-state index contributed by atoms with van der Waals surface area (Å²) in [5.74, 6) is 0.367. The topological polar surface area (TPSA) is 48.0 Å². The molecule has 142 valence electrons. The molecule has 1 fully saturated rings. The van der Waals surface area contributed by atoms with Crippen molar-refractivity contribution < 1.29 is 23.4 Å². The molecule has 2 aliphatic rings. The molecule has 2 heterocycles. The first kappa shape index (κ1) is 18.3. The van der Waals surface area contributed by atoms with Crippen molar-refractivity contribution in [3.05, 3.63) is 57.8 Å². The van der Waals surface area contributed by atoms with Crippen LogP contribution in [0.1, 0.15) is 11.7 Å². The van der Waals surface area contributed by atoms with E-state index in [1.165, 1.54) is 12.1 Å². The third kappa shape index (κ3) is 3.70. The zero-order valence-corrected chi connectivity index (χ0v) is 15.7. The maximum Gasteiger partial charge on any atom is 0.267 e. The highest BCUT2D eigenvalue weighted by Crippen LogP contribution is 2.34. The lowest BCUT2D eigenvalue weighted by Gasteiger charge is -2.36. The van der Waals surface area contributed by atoms with Crippen molar-refractivity contribution in [3.63, 3.8) is 0 Å². The van der Waals surface area contributed by atoms with Crippen LogP contribution in [-0.2, 0) is 9.53 Å². The fourth-order valence-electron chi connectivity index (χ4n) is 3.17. The molecule has 0 N–H and O–H groups in total. The van der Waals surface area contributed by atoms with Gasteiger partial charge in [0.05, 0.1) is 18.2 Å². The standard InChI is InChI=1S/C19H16Cl2FNO4/c20-12-8-13(21)14(22)7-11(12)17-9-23(5-6-25-17)19(24)18-10-26-15-3-1-2-4-16(15)27-18/h1-4,7-8,17-18H,5-6,9-10H2/t17-,18-/m0/s1. The van der Waals surface area contributed by atoms with Gasteiger partial charge in [0.25, 0.3) is 5.91 Å². The third-order valence-corrected chi connectivity index (χ3v) is 5.17. The second-order valence-corrected chi connectivity index (χ2v) is 7.11. The van der Waals surface area contributed by atoms with Gasteiger partial charge >= 0.3 is 0 Å². The number of hydrogen-bond donors (Lipinski definition) is 0.